The average molecular weight is 440 g/mol. The molecule has 0 atom stereocenters. The van der Waals surface area contributed by atoms with E-state index in [9.17, 15) is 18.3 Å². The first-order chi connectivity index (χ1) is 14.8. The monoisotopic (exact) mass is 440 g/mol. The van der Waals surface area contributed by atoms with Gasteiger partial charge < -0.3 is 9.84 Å². The Morgan fingerprint density at radius 2 is 1.65 bits per heavy atom. The van der Waals surface area contributed by atoms with Crippen molar-refractivity contribution in [3.63, 3.8) is 0 Å². The van der Waals surface area contributed by atoms with Crippen molar-refractivity contribution in [1.29, 1.82) is 0 Å². The molecule has 4 rings (SSSR count). The van der Waals surface area contributed by atoms with E-state index < -0.39 is 33.6 Å². The van der Waals surface area contributed by atoms with E-state index >= 15 is 4.39 Å². The van der Waals surface area contributed by atoms with Crippen LogP contribution in [0.4, 0.5) is 10.1 Å². The van der Waals surface area contributed by atoms with Gasteiger partial charge >= 0.3 is 16.2 Å². The first-order valence-corrected chi connectivity index (χ1v) is 10.6. The number of carbonyl (C=O) groups excluding carboxylic acids is 1. The van der Waals surface area contributed by atoms with Crippen molar-refractivity contribution in [2.75, 3.05) is 4.31 Å². The van der Waals surface area contributed by atoms with Crippen molar-refractivity contribution < 1.29 is 27.4 Å². The van der Waals surface area contributed by atoms with Gasteiger partial charge in [0, 0.05) is 0 Å². The molecule has 0 spiro atoms. The summed E-state index contributed by atoms with van der Waals surface area (Å²) in [5, 5.41) is 9.59. The molecule has 3 aromatic rings. The van der Waals surface area contributed by atoms with Gasteiger partial charge in [-0.3, -0.25) is 0 Å². The van der Waals surface area contributed by atoms with Crippen molar-refractivity contribution in [1.82, 2.24) is 4.72 Å². The van der Waals surface area contributed by atoms with Gasteiger partial charge in [-0.2, -0.15) is 8.42 Å². The summed E-state index contributed by atoms with van der Waals surface area (Å²) in [5.74, 6) is -2.69. The minimum Gasteiger partial charge on any atom is -0.493 e. The third-order valence-electron chi connectivity index (χ3n) is 4.50. The highest BCUT2D eigenvalue weighted by Gasteiger charge is 2.34. The Morgan fingerprint density at radius 3 is 2.26 bits per heavy atom. The zero-order valence-corrected chi connectivity index (χ0v) is 16.8. The number of carbonyl (C=O) groups is 1. The maximum Gasteiger partial charge on any atom is 0.343 e. The summed E-state index contributed by atoms with van der Waals surface area (Å²) in [7, 11) is -4.30. The molecule has 2 N–H and O–H groups in total. The fourth-order valence-corrected chi connectivity index (χ4v) is 4.23. The Bertz CT molecular complexity index is 1260. The second kappa shape index (κ2) is 8.11. The molecule has 0 radical (unpaired) electrons. The van der Waals surface area contributed by atoms with E-state index in [1.807, 2.05) is 35.1 Å². The summed E-state index contributed by atoms with van der Waals surface area (Å²) in [6.07, 6.45) is 1.13. The number of benzene rings is 3. The molecule has 1 aliphatic rings. The predicted molar refractivity (Wildman–Crippen MR) is 112 cm³/mol. The van der Waals surface area contributed by atoms with Gasteiger partial charge in [-0.1, -0.05) is 48.5 Å². The molecule has 0 amide bonds. The summed E-state index contributed by atoms with van der Waals surface area (Å²) in [6, 6.07) is 19.9. The fourth-order valence-electron chi connectivity index (χ4n) is 3.16. The van der Waals surface area contributed by atoms with Crippen LogP contribution in [0.15, 0.2) is 84.9 Å². The van der Waals surface area contributed by atoms with Crippen molar-refractivity contribution in [2.24, 2.45) is 0 Å². The quantitative estimate of drug-likeness (QED) is 0.466. The second-order valence-electron chi connectivity index (χ2n) is 6.76. The number of nitrogens with zero attached hydrogens (tertiary/aromatic N) is 1. The lowest BCUT2D eigenvalue weighted by molar-refractivity contribution is 0.0735. The second-order valence-corrected chi connectivity index (χ2v) is 8.31. The lowest BCUT2D eigenvalue weighted by Crippen LogP contribution is -2.30. The normalized spacial score (nSPS) is 14.6. The minimum atomic E-state index is -4.30. The van der Waals surface area contributed by atoms with Crippen LogP contribution in [-0.4, -0.2) is 19.5 Å². The van der Waals surface area contributed by atoms with Crippen LogP contribution in [0.1, 0.15) is 21.5 Å². The Morgan fingerprint density at radius 1 is 1.00 bits per heavy atom. The van der Waals surface area contributed by atoms with E-state index in [2.05, 4.69) is 0 Å². The van der Waals surface area contributed by atoms with Gasteiger partial charge in [0.05, 0.1) is 11.8 Å². The molecule has 0 saturated carbocycles. The van der Waals surface area contributed by atoms with Crippen molar-refractivity contribution in [3.8, 4) is 5.75 Å². The Balaban J connectivity index is 1.79. The first kappa shape index (κ1) is 20.4. The summed E-state index contributed by atoms with van der Waals surface area (Å²) in [5.41, 5.74) is 1.06. The Hall–Kier alpha value is -3.85. The summed E-state index contributed by atoms with van der Waals surface area (Å²) >= 11 is 0. The van der Waals surface area contributed by atoms with Gasteiger partial charge in [-0.15, -0.1) is 0 Å². The van der Waals surface area contributed by atoms with E-state index in [4.69, 9.17) is 4.74 Å². The maximum atomic E-state index is 15.2. The van der Waals surface area contributed by atoms with E-state index in [0.717, 1.165) is 11.8 Å². The molecular weight excluding hydrogens is 423 g/mol. The number of nitrogens with one attached hydrogen (secondary N) is 1. The van der Waals surface area contributed by atoms with Gasteiger partial charge in [0.2, 0.25) is 5.88 Å². The zero-order valence-electron chi connectivity index (χ0n) is 16.0. The SMILES string of the molecule is O=C(Oc1cc(Cc2ccccc2)cc(F)c1N1C=C(O)NS1(=O)=O)c1ccccc1. The lowest BCUT2D eigenvalue weighted by Gasteiger charge is -2.19. The van der Waals surface area contributed by atoms with Gasteiger partial charge in [0.1, 0.15) is 5.69 Å². The van der Waals surface area contributed by atoms with Gasteiger partial charge in [-0.25, -0.2) is 18.2 Å². The molecule has 9 heteroatoms. The Kier molecular flexibility index (Phi) is 5.35. The highest BCUT2D eigenvalue weighted by atomic mass is 32.2. The van der Waals surface area contributed by atoms with Gasteiger partial charge in [0.15, 0.2) is 11.6 Å². The predicted octanol–water partition coefficient (Wildman–Crippen LogP) is 3.65. The molecule has 0 bridgehead atoms. The number of rotatable bonds is 5. The number of aliphatic hydroxyl groups is 1. The molecule has 7 nitrogen and oxygen atoms in total. The van der Waals surface area contributed by atoms with E-state index in [1.54, 1.807) is 18.2 Å². The minimum absolute atomic E-state index is 0.211. The van der Waals surface area contributed by atoms with E-state index in [1.165, 1.54) is 24.3 Å². The van der Waals surface area contributed by atoms with Crippen LogP contribution >= 0.6 is 0 Å². The molecular formula is C22H17FN2O5S. The molecule has 0 unspecified atom stereocenters. The lowest BCUT2D eigenvalue weighted by atomic mass is 10.0. The zero-order chi connectivity index (χ0) is 22.0. The Labute approximate surface area is 178 Å². The van der Waals surface area contributed by atoms with Crippen LogP contribution in [0.5, 0.6) is 5.75 Å². The smallest absolute Gasteiger partial charge is 0.343 e. The van der Waals surface area contributed by atoms with Crippen LogP contribution in [-0.2, 0) is 16.6 Å². The van der Waals surface area contributed by atoms with Gasteiger partial charge in [0.25, 0.3) is 0 Å². The third kappa shape index (κ3) is 4.36. The maximum absolute atomic E-state index is 15.2. The van der Waals surface area contributed by atoms with Crippen LogP contribution < -0.4 is 13.8 Å². The van der Waals surface area contributed by atoms with Crippen LogP contribution in [0.25, 0.3) is 0 Å². The first-order valence-electron chi connectivity index (χ1n) is 9.20. The number of anilines is 1. The van der Waals surface area contributed by atoms with Crippen molar-refractivity contribution >= 4 is 21.9 Å². The molecule has 31 heavy (non-hydrogen) atoms. The molecule has 0 fully saturated rings. The highest BCUT2D eigenvalue weighted by molar-refractivity contribution is 7.91. The number of aliphatic hydroxyl groups excluding tert-OH is 1. The number of hydrogen-bond acceptors (Lipinski definition) is 5. The van der Waals surface area contributed by atoms with Crippen molar-refractivity contribution in [3.05, 3.63) is 107 Å². The highest BCUT2D eigenvalue weighted by Crippen LogP contribution is 2.37. The molecule has 1 heterocycles. The number of ether oxygens (including phenoxy) is 1. The van der Waals surface area contributed by atoms with Crippen LogP contribution in [0, 0.1) is 5.82 Å². The van der Waals surface area contributed by atoms with Crippen LogP contribution in [0.2, 0.25) is 0 Å². The number of hydrogen-bond donors (Lipinski definition) is 2. The van der Waals surface area contributed by atoms with Gasteiger partial charge in [-0.05, 0) is 41.8 Å². The van der Waals surface area contributed by atoms with E-state index in [-0.39, 0.29) is 11.3 Å². The molecule has 0 aliphatic carbocycles. The summed E-state index contributed by atoms with van der Waals surface area (Å²) in [4.78, 5) is 12.6. The molecule has 0 saturated heterocycles. The van der Waals surface area contributed by atoms with Crippen LogP contribution in [0.3, 0.4) is 0 Å². The van der Waals surface area contributed by atoms with Crippen molar-refractivity contribution in [2.45, 2.75) is 6.42 Å². The summed E-state index contributed by atoms with van der Waals surface area (Å²) in [6.45, 7) is 0. The summed E-state index contributed by atoms with van der Waals surface area (Å²) < 4.78 is 47.5. The standard InChI is InChI=1S/C22H17FN2O5S/c23-18-12-16(11-15-7-3-1-4-8-15)13-19(30-22(27)17-9-5-2-6-10-17)21(18)25-14-20(26)24-31(25,28)29/h1-10,12-14,24,26H,11H2. The average Bonchev–Trinajstić information content (AvgIpc) is 3.00. The fraction of sp³-hybridized carbons (Fsp3) is 0.0455. The molecule has 1 aliphatic heterocycles. The number of esters is 1. The molecule has 158 valence electrons. The third-order valence-corrected chi connectivity index (χ3v) is 5.78. The largest absolute Gasteiger partial charge is 0.493 e. The topological polar surface area (TPSA) is 95.9 Å². The molecule has 3 aromatic carbocycles. The van der Waals surface area contributed by atoms with E-state index in [0.29, 0.717) is 16.3 Å². The number of halogens is 1. The molecule has 0 aromatic heterocycles.